The Bertz CT molecular complexity index is 1030. The molecule has 2 aromatic carbocycles. The number of amides is 2. The second-order valence-corrected chi connectivity index (χ2v) is 6.59. The first-order chi connectivity index (χ1) is 13.2. The number of ether oxygens (including phenoxy) is 1. The van der Waals surface area contributed by atoms with E-state index >= 15 is 0 Å². The number of nitrogens with zero attached hydrogens (tertiary/aromatic N) is 1. The summed E-state index contributed by atoms with van der Waals surface area (Å²) in [6.45, 7) is 0.403. The second-order valence-electron chi connectivity index (χ2n) is 6.59. The SMILES string of the molecule is COc1ccc2[nH]cc(/C=C3/CC(=O)N(CCc4ccccc4)C3=O)c2c1. The average molecular weight is 360 g/mol. The van der Waals surface area contributed by atoms with Gasteiger partial charge >= 0.3 is 0 Å². The molecule has 1 fully saturated rings. The summed E-state index contributed by atoms with van der Waals surface area (Å²) in [5.74, 6) is 0.410. The van der Waals surface area contributed by atoms with Gasteiger partial charge < -0.3 is 9.72 Å². The third kappa shape index (κ3) is 3.36. The van der Waals surface area contributed by atoms with E-state index in [-0.39, 0.29) is 18.2 Å². The monoisotopic (exact) mass is 360 g/mol. The van der Waals surface area contributed by atoms with Gasteiger partial charge in [0.25, 0.3) is 5.91 Å². The number of benzene rings is 2. The van der Waals surface area contributed by atoms with Gasteiger partial charge in [-0.15, -0.1) is 0 Å². The summed E-state index contributed by atoms with van der Waals surface area (Å²) in [6, 6.07) is 15.6. The minimum absolute atomic E-state index is 0.139. The normalized spacial score (nSPS) is 15.9. The van der Waals surface area contributed by atoms with Gasteiger partial charge in [-0.25, -0.2) is 0 Å². The van der Waals surface area contributed by atoms with Crippen molar-refractivity contribution in [3.63, 3.8) is 0 Å². The molecule has 0 saturated carbocycles. The highest BCUT2D eigenvalue weighted by molar-refractivity contribution is 6.16. The van der Waals surface area contributed by atoms with Gasteiger partial charge in [0.15, 0.2) is 0 Å². The topological polar surface area (TPSA) is 62.4 Å². The zero-order chi connectivity index (χ0) is 18.8. The molecule has 0 spiro atoms. The number of fused-ring (bicyclic) bond motifs is 1. The van der Waals surface area contributed by atoms with E-state index in [1.54, 1.807) is 13.2 Å². The maximum Gasteiger partial charge on any atom is 0.256 e. The smallest absolute Gasteiger partial charge is 0.256 e. The minimum Gasteiger partial charge on any atom is -0.497 e. The molecule has 3 aromatic rings. The number of hydrogen-bond acceptors (Lipinski definition) is 3. The molecule has 0 radical (unpaired) electrons. The summed E-state index contributed by atoms with van der Waals surface area (Å²) >= 11 is 0. The molecule has 0 aliphatic carbocycles. The highest BCUT2D eigenvalue weighted by Crippen LogP contribution is 2.28. The fourth-order valence-electron chi connectivity index (χ4n) is 3.40. The lowest BCUT2D eigenvalue weighted by molar-refractivity contribution is -0.137. The van der Waals surface area contributed by atoms with Crippen LogP contribution in [0, 0.1) is 0 Å². The van der Waals surface area contributed by atoms with Crippen LogP contribution in [0.1, 0.15) is 17.5 Å². The zero-order valence-corrected chi connectivity index (χ0v) is 15.1. The standard InChI is InChI=1S/C22H20N2O3/c1-27-18-7-8-20-19(13-18)17(14-23-20)11-16-12-21(25)24(22(16)26)10-9-15-5-3-2-4-6-15/h2-8,11,13-14,23H,9-10,12H2,1H3/b16-11-. The number of imide groups is 1. The van der Waals surface area contributed by atoms with E-state index in [0.717, 1.165) is 27.8 Å². The molecular formula is C22H20N2O3. The van der Waals surface area contributed by atoms with E-state index in [4.69, 9.17) is 4.74 Å². The average Bonchev–Trinajstić information content (AvgIpc) is 3.21. The van der Waals surface area contributed by atoms with Gasteiger partial charge in [-0.1, -0.05) is 30.3 Å². The van der Waals surface area contributed by atoms with Crippen LogP contribution in [-0.4, -0.2) is 35.4 Å². The number of carbonyl (C=O) groups excluding carboxylic acids is 2. The molecule has 5 nitrogen and oxygen atoms in total. The van der Waals surface area contributed by atoms with Gasteiger partial charge in [0.1, 0.15) is 5.75 Å². The van der Waals surface area contributed by atoms with E-state index in [9.17, 15) is 9.59 Å². The molecule has 1 N–H and O–H groups in total. The van der Waals surface area contributed by atoms with Crippen LogP contribution in [0.5, 0.6) is 5.75 Å². The summed E-state index contributed by atoms with van der Waals surface area (Å²) < 4.78 is 5.28. The summed E-state index contributed by atoms with van der Waals surface area (Å²) in [6.07, 6.45) is 4.46. The Kier molecular flexibility index (Phi) is 4.50. The van der Waals surface area contributed by atoms with Crippen LogP contribution < -0.4 is 4.74 Å². The van der Waals surface area contributed by atoms with Gasteiger partial charge in [-0.2, -0.15) is 0 Å². The van der Waals surface area contributed by atoms with E-state index in [0.29, 0.717) is 18.5 Å². The van der Waals surface area contributed by atoms with E-state index in [2.05, 4.69) is 4.98 Å². The first-order valence-corrected chi connectivity index (χ1v) is 8.90. The van der Waals surface area contributed by atoms with Crippen LogP contribution in [0.25, 0.3) is 17.0 Å². The number of methoxy groups -OCH3 is 1. The van der Waals surface area contributed by atoms with Crippen LogP contribution in [0.4, 0.5) is 0 Å². The van der Waals surface area contributed by atoms with Crippen molar-refractivity contribution in [2.75, 3.05) is 13.7 Å². The van der Waals surface area contributed by atoms with Crippen LogP contribution in [-0.2, 0) is 16.0 Å². The Morgan fingerprint density at radius 3 is 2.74 bits per heavy atom. The van der Waals surface area contributed by atoms with Crippen molar-refractivity contribution in [2.24, 2.45) is 0 Å². The Balaban J connectivity index is 1.56. The molecule has 2 amide bonds. The molecule has 136 valence electrons. The lowest BCUT2D eigenvalue weighted by Gasteiger charge is -2.13. The quantitative estimate of drug-likeness (QED) is 0.559. The molecule has 1 saturated heterocycles. The number of hydrogen-bond donors (Lipinski definition) is 1. The molecule has 27 heavy (non-hydrogen) atoms. The Morgan fingerprint density at radius 2 is 1.96 bits per heavy atom. The van der Waals surface area contributed by atoms with Gasteiger partial charge in [0, 0.05) is 34.8 Å². The number of likely N-dealkylation sites (tertiary alicyclic amines) is 1. The van der Waals surface area contributed by atoms with Gasteiger partial charge in [-0.05, 0) is 36.3 Å². The fraction of sp³-hybridized carbons (Fsp3) is 0.182. The summed E-state index contributed by atoms with van der Waals surface area (Å²) in [5.41, 5.74) is 3.47. The number of aromatic nitrogens is 1. The van der Waals surface area contributed by atoms with Gasteiger partial charge in [-0.3, -0.25) is 14.5 Å². The highest BCUT2D eigenvalue weighted by Gasteiger charge is 2.33. The molecule has 0 bridgehead atoms. The molecule has 1 aliphatic heterocycles. The van der Waals surface area contributed by atoms with Crippen LogP contribution in [0.2, 0.25) is 0 Å². The molecule has 1 aliphatic rings. The zero-order valence-electron chi connectivity index (χ0n) is 15.1. The maximum absolute atomic E-state index is 12.7. The number of H-pyrrole nitrogens is 1. The first kappa shape index (κ1) is 17.1. The van der Waals surface area contributed by atoms with Crippen molar-refractivity contribution >= 4 is 28.8 Å². The summed E-state index contributed by atoms with van der Waals surface area (Å²) in [4.78, 5) is 29.6. The Hall–Kier alpha value is -3.34. The van der Waals surface area contributed by atoms with Crippen molar-refractivity contribution in [1.82, 2.24) is 9.88 Å². The van der Waals surface area contributed by atoms with E-state index < -0.39 is 0 Å². The predicted molar refractivity (Wildman–Crippen MR) is 104 cm³/mol. The molecule has 5 heteroatoms. The minimum atomic E-state index is -0.201. The summed E-state index contributed by atoms with van der Waals surface area (Å²) in [5, 5.41) is 0.963. The van der Waals surface area contributed by atoms with Crippen LogP contribution in [0.15, 0.2) is 60.3 Å². The van der Waals surface area contributed by atoms with Gasteiger partial charge in [0.05, 0.1) is 13.5 Å². The van der Waals surface area contributed by atoms with E-state index in [1.807, 2.05) is 54.7 Å². The largest absolute Gasteiger partial charge is 0.497 e. The number of nitrogens with one attached hydrogen (secondary N) is 1. The van der Waals surface area contributed by atoms with Crippen molar-refractivity contribution < 1.29 is 14.3 Å². The Labute approximate surface area is 157 Å². The lowest BCUT2D eigenvalue weighted by Crippen LogP contribution is -2.31. The second kappa shape index (κ2) is 7.11. The number of carbonyl (C=O) groups is 2. The van der Waals surface area contributed by atoms with Crippen molar-refractivity contribution in [3.05, 3.63) is 71.4 Å². The molecule has 0 unspecified atom stereocenters. The Morgan fingerprint density at radius 1 is 1.15 bits per heavy atom. The van der Waals surface area contributed by atoms with Crippen molar-refractivity contribution in [3.8, 4) is 5.75 Å². The maximum atomic E-state index is 12.7. The van der Waals surface area contributed by atoms with Crippen molar-refractivity contribution in [1.29, 1.82) is 0 Å². The van der Waals surface area contributed by atoms with Crippen molar-refractivity contribution in [2.45, 2.75) is 12.8 Å². The third-order valence-corrected chi connectivity index (χ3v) is 4.88. The lowest BCUT2D eigenvalue weighted by atomic mass is 10.1. The molecule has 4 rings (SSSR count). The van der Waals surface area contributed by atoms with E-state index in [1.165, 1.54) is 4.90 Å². The summed E-state index contributed by atoms with van der Waals surface area (Å²) in [7, 11) is 1.62. The van der Waals surface area contributed by atoms with Crippen LogP contribution in [0.3, 0.4) is 0 Å². The number of aromatic amines is 1. The van der Waals surface area contributed by atoms with Crippen LogP contribution >= 0.6 is 0 Å². The first-order valence-electron chi connectivity index (χ1n) is 8.90. The molecule has 2 heterocycles. The predicted octanol–water partition coefficient (Wildman–Crippen LogP) is 3.56. The molecular weight excluding hydrogens is 340 g/mol. The molecule has 0 atom stereocenters. The third-order valence-electron chi connectivity index (χ3n) is 4.88. The fourth-order valence-corrected chi connectivity index (χ4v) is 3.40. The number of rotatable bonds is 5. The molecule has 1 aromatic heterocycles. The van der Waals surface area contributed by atoms with Gasteiger partial charge in [0.2, 0.25) is 5.91 Å². The highest BCUT2D eigenvalue weighted by atomic mass is 16.5.